The van der Waals surface area contributed by atoms with Crippen molar-refractivity contribution in [1.29, 1.82) is 0 Å². The van der Waals surface area contributed by atoms with E-state index in [4.69, 9.17) is 11.6 Å². The Hall–Kier alpha value is -0.530. The first kappa shape index (κ1) is 14.9. The second kappa shape index (κ2) is 7.91. The third-order valence-corrected chi connectivity index (χ3v) is 4.31. The van der Waals surface area contributed by atoms with E-state index < -0.39 is 0 Å². The van der Waals surface area contributed by atoms with E-state index in [0.29, 0.717) is 6.04 Å². The molecule has 106 valence electrons. The van der Waals surface area contributed by atoms with Crippen molar-refractivity contribution in [2.24, 2.45) is 5.92 Å². The molecule has 0 bridgehead atoms. The fraction of sp³-hybridized carbons (Fsp3) is 0.647. The van der Waals surface area contributed by atoms with E-state index in [2.05, 4.69) is 24.4 Å². The molecule has 0 amide bonds. The van der Waals surface area contributed by atoms with Gasteiger partial charge in [-0.3, -0.25) is 0 Å². The zero-order valence-electron chi connectivity index (χ0n) is 12.0. The van der Waals surface area contributed by atoms with E-state index >= 15 is 0 Å². The Morgan fingerprint density at radius 2 is 2.00 bits per heavy atom. The molecule has 1 aliphatic rings. The molecule has 1 nitrogen and oxygen atoms in total. The van der Waals surface area contributed by atoms with E-state index in [0.717, 1.165) is 17.5 Å². The van der Waals surface area contributed by atoms with Crippen molar-refractivity contribution >= 4 is 11.6 Å². The SMILES string of the molecule is CCCCCCNC(CC1CC1)c1ccccc1Cl. The van der Waals surface area contributed by atoms with Crippen molar-refractivity contribution in [3.63, 3.8) is 0 Å². The van der Waals surface area contributed by atoms with Gasteiger partial charge < -0.3 is 5.32 Å². The molecule has 1 aliphatic carbocycles. The van der Waals surface area contributed by atoms with Gasteiger partial charge in [-0.05, 0) is 36.9 Å². The van der Waals surface area contributed by atoms with E-state index in [-0.39, 0.29) is 0 Å². The first-order valence-electron chi connectivity index (χ1n) is 7.79. The van der Waals surface area contributed by atoms with Gasteiger partial charge in [0, 0.05) is 11.1 Å². The second-order valence-corrected chi connectivity index (χ2v) is 6.18. The van der Waals surface area contributed by atoms with Gasteiger partial charge in [-0.25, -0.2) is 0 Å². The number of halogens is 1. The quantitative estimate of drug-likeness (QED) is 0.601. The molecule has 1 fully saturated rings. The standard InChI is InChI=1S/C17H26ClN/c1-2-3-4-7-12-19-17(13-14-10-11-14)15-8-5-6-9-16(15)18/h5-6,8-9,14,17,19H,2-4,7,10-13H2,1H3. The molecular formula is C17H26ClN. The average molecular weight is 280 g/mol. The summed E-state index contributed by atoms with van der Waals surface area (Å²) in [5.74, 6) is 0.921. The van der Waals surface area contributed by atoms with Gasteiger partial charge in [-0.1, -0.05) is 68.8 Å². The smallest absolute Gasteiger partial charge is 0.0453 e. The summed E-state index contributed by atoms with van der Waals surface area (Å²) in [6.45, 7) is 3.37. The Kier molecular flexibility index (Phi) is 6.19. The van der Waals surface area contributed by atoms with Crippen molar-refractivity contribution in [2.45, 2.75) is 57.9 Å². The van der Waals surface area contributed by atoms with Crippen LogP contribution in [0.15, 0.2) is 24.3 Å². The summed E-state index contributed by atoms with van der Waals surface area (Å²) in [4.78, 5) is 0. The number of hydrogen-bond donors (Lipinski definition) is 1. The Bertz CT molecular complexity index is 373. The van der Waals surface area contributed by atoms with Crippen molar-refractivity contribution in [3.8, 4) is 0 Å². The maximum absolute atomic E-state index is 6.35. The van der Waals surface area contributed by atoms with Crippen LogP contribution >= 0.6 is 11.6 Å². The van der Waals surface area contributed by atoms with Crippen LogP contribution in [0.2, 0.25) is 5.02 Å². The van der Waals surface area contributed by atoms with Gasteiger partial charge in [-0.2, -0.15) is 0 Å². The van der Waals surface area contributed by atoms with Gasteiger partial charge in [0.1, 0.15) is 0 Å². The lowest BCUT2D eigenvalue weighted by Crippen LogP contribution is -2.23. The maximum Gasteiger partial charge on any atom is 0.0453 e. The Morgan fingerprint density at radius 1 is 1.21 bits per heavy atom. The summed E-state index contributed by atoms with van der Waals surface area (Å²) in [7, 11) is 0. The molecule has 0 aliphatic heterocycles. The minimum atomic E-state index is 0.447. The monoisotopic (exact) mass is 279 g/mol. The predicted molar refractivity (Wildman–Crippen MR) is 83.7 cm³/mol. The van der Waals surface area contributed by atoms with Crippen molar-refractivity contribution in [3.05, 3.63) is 34.9 Å². The van der Waals surface area contributed by atoms with Crippen LogP contribution in [0, 0.1) is 5.92 Å². The van der Waals surface area contributed by atoms with Gasteiger partial charge in [0.15, 0.2) is 0 Å². The summed E-state index contributed by atoms with van der Waals surface area (Å²) < 4.78 is 0. The van der Waals surface area contributed by atoms with E-state index in [9.17, 15) is 0 Å². The average Bonchev–Trinajstić information content (AvgIpc) is 3.22. The van der Waals surface area contributed by atoms with Gasteiger partial charge in [0.2, 0.25) is 0 Å². The number of benzene rings is 1. The lowest BCUT2D eigenvalue weighted by atomic mass is 10.0. The summed E-state index contributed by atoms with van der Waals surface area (Å²) in [6.07, 6.45) is 9.31. The van der Waals surface area contributed by atoms with Crippen LogP contribution in [0.4, 0.5) is 0 Å². The van der Waals surface area contributed by atoms with E-state index in [1.165, 1.54) is 50.5 Å². The Labute approximate surface area is 122 Å². The lowest BCUT2D eigenvalue weighted by Gasteiger charge is -2.20. The molecule has 0 spiro atoms. The van der Waals surface area contributed by atoms with Crippen molar-refractivity contribution < 1.29 is 0 Å². The molecule has 1 aromatic carbocycles. The predicted octanol–water partition coefficient (Wildman–Crippen LogP) is 5.35. The molecule has 1 saturated carbocycles. The fourth-order valence-electron chi connectivity index (χ4n) is 2.59. The highest BCUT2D eigenvalue weighted by atomic mass is 35.5. The topological polar surface area (TPSA) is 12.0 Å². The third kappa shape index (κ3) is 5.16. The molecule has 0 aromatic heterocycles. The zero-order chi connectivity index (χ0) is 13.5. The molecule has 0 saturated heterocycles. The minimum Gasteiger partial charge on any atom is -0.310 e. The van der Waals surface area contributed by atoms with Crippen LogP contribution in [0.3, 0.4) is 0 Å². The van der Waals surface area contributed by atoms with E-state index in [1.54, 1.807) is 0 Å². The number of hydrogen-bond acceptors (Lipinski definition) is 1. The summed E-state index contributed by atoms with van der Waals surface area (Å²) in [5, 5.41) is 4.63. The zero-order valence-corrected chi connectivity index (χ0v) is 12.8. The molecule has 0 radical (unpaired) electrons. The molecule has 2 heteroatoms. The van der Waals surface area contributed by atoms with Crippen molar-refractivity contribution in [1.82, 2.24) is 5.32 Å². The molecule has 0 heterocycles. The summed E-state index contributed by atoms with van der Waals surface area (Å²) in [6, 6.07) is 8.74. The second-order valence-electron chi connectivity index (χ2n) is 5.77. The van der Waals surface area contributed by atoms with Crippen LogP contribution in [-0.2, 0) is 0 Å². The largest absolute Gasteiger partial charge is 0.310 e. The third-order valence-electron chi connectivity index (χ3n) is 3.97. The van der Waals surface area contributed by atoms with Crippen molar-refractivity contribution in [2.75, 3.05) is 6.54 Å². The highest BCUT2D eigenvalue weighted by molar-refractivity contribution is 6.31. The number of rotatable bonds is 9. The molecular weight excluding hydrogens is 254 g/mol. The van der Waals surface area contributed by atoms with Gasteiger partial charge in [0.25, 0.3) is 0 Å². The highest BCUT2D eigenvalue weighted by Crippen LogP contribution is 2.39. The number of unbranched alkanes of at least 4 members (excludes halogenated alkanes) is 3. The molecule has 2 rings (SSSR count). The molecule has 1 N–H and O–H groups in total. The normalized spacial score (nSPS) is 16.5. The van der Waals surface area contributed by atoms with Gasteiger partial charge >= 0.3 is 0 Å². The van der Waals surface area contributed by atoms with Crippen LogP contribution in [0.1, 0.15) is 63.5 Å². The van der Waals surface area contributed by atoms with Gasteiger partial charge in [-0.15, -0.1) is 0 Å². The molecule has 19 heavy (non-hydrogen) atoms. The maximum atomic E-state index is 6.35. The first-order valence-corrected chi connectivity index (χ1v) is 8.17. The first-order chi connectivity index (χ1) is 9.31. The van der Waals surface area contributed by atoms with Crippen LogP contribution in [-0.4, -0.2) is 6.54 Å². The molecule has 1 aromatic rings. The molecule has 1 unspecified atom stereocenters. The van der Waals surface area contributed by atoms with Crippen LogP contribution in [0.25, 0.3) is 0 Å². The summed E-state index contributed by atoms with van der Waals surface area (Å²) >= 11 is 6.35. The van der Waals surface area contributed by atoms with Crippen LogP contribution < -0.4 is 5.32 Å². The highest BCUT2D eigenvalue weighted by Gasteiger charge is 2.26. The number of nitrogens with one attached hydrogen (secondary N) is 1. The molecule has 1 atom stereocenters. The van der Waals surface area contributed by atoms with Crippen LogP contribution in [0.5, 0.6) is 0 Å². The Morgan fingerprint density at radius 3 is 2.68 bits per heavy atom. The van der Waals surface area contributed by atoms with E-state index in [1.807, 2.05) is 12.1 Å². The minimum absolute atomic E-state index is 0.447. The Balaban J connectivity index is 1.86. The van der Waals surface area contributed by atoms with Gasteiger partial charge in [0.05, 0.1) is 0 Å². The fourth-order valence-corrected chi connectivity index (χ4v) is 2.86. The lowest BCUT2D eigenvalue weighted by molar-refractivity contribution is 0.461. The summed E-state index contributed by atoms with van der Waals surface area (Å²) in [5.41, 5.74) is 1.28.